The third kappa shape index (κ3) is 3.51. The first-order valence-corrected chi connectivity index (χ1v) is 9.32. The SMILES string of the molecule is CCOC(=O)c1cnn(C)c1NC(=O)c1ccc2c(c1)C(=O)N(C(C)CC)C2=O. The molecule has 1 aromatic carbocycles. The van der Waals surface area contributed by atoms with Crippen LogP contribution in [-0.4, -0.2) is 51.0 Å². The van der Waals surface area contributed by atoms with Crippen LogP contribution < -0.4 is 5.32 Å². The summed E-state index contributed by atoms with van der Waals surface area (Å²) in [5.41, 5.74) is 0.781. The molecule has 1 unspecified atom stereocenters. The number of fused-ring (bicyclic) bond motifs is 1. The molecule has 1 aliphatic rings. The second-order valence-corrected chi connectivity index (χ2v) is 6.70. The number of nitrogens with zero attached hydrogens (tertiary/aromatic N) is 3. The van der Waals surface area contributed by atoms with Crippen LogP contribution >= 0.6 is 0 Å². The molecule has 29 heavy (non-hydrogen) atoms. The van der Waals surface area contributed by atoms with Crippen molar-refractivity contribution in [3.05, 3.63) is 46.6 Å². The fraction of sp³-hybridized carbons (Fsp3) is 0.350. The minimum atomic E-state index is -0.602. The highest BCUT2D eigenvalue weighted by atomic mass is 16.5. The van der Waals surface area contributed by atoms with Crippen LogP contribution in [0.1, 0.15) is 68.6 Å². The zero-order valence-corrected chi connectivity index (χ0v) is 16.7. The molecule has 1 aliphatic heterocycles. The van der Waals surface area contributed by atoms with E-state index in [1.165, 1.54) is 34.0 Å². The Bertz CT molecular complexity index is 1010. The van der Waals surface area contributed by atoms with Gasteiger partial charge in [-0.3, -0.25) is 24.0 Å². The van der Waals surface area contributed by atoms with Crippen molar-refractivity contribution < 1.29 is 23.9 Å². The van der Waals surface area contributed by atoms with Crippen molar-refractivity contribution in [2.24, 2.45) is 7.05 Å². The van der Waals surface area contributed by atoms with Crippen LogP contribution in [0.2, 0.25) is 0 Å². The normalized spacial score (nSPS) is 14.0. The van der Waals surface area contributed by atoms with E-state index >= 15 is 0 Å². The molecule has 0 saturated carbocycles. The third-order valence-corrected chi connectivity index (χ3v) is 4.88. The fourth-order valence-corrected chi connectivity index (χ4v) is 3.11. The van der Waals surface area contributed by atoms with E-state index in [1.54, 1.807) is 20.9 Å². The standard InChI is InChI=1S/C20H22N4O5/c1-5-11(3)24-18(26)13-8-7-12(9-14(13)19(24)27)17(25)22-16-15(10-21-23(16)4)20(28)29-6-2/h7-11H,5-6H2,1-4H3,(H,22,25). The van der Waals surface area contributed by atoms with Gasteiger partial charge in [0.15, 0.2) is 0 Å². The number of nitrogens with one attached hydrogen (secondary N) is 1. The van der Waals surface area contributed by atoms with Gasteiger partial charge in [0.2, 0.25) is 0 Å². The number of carbonyl (C=O) groups is 4. The first-order chi connectivity index (χ1) is 13.8. The summed E-state index contributed by atoms with van der Waals surface area (Å²) in [4.78, 5) is 51.2. The van der Waals surface area contributed by atoms with Crippen molar-refractivity contribution >= 4 is 29.5 Å². The number of aryl methyl sites for hydroxylation is 1. The predicted octanol–water partition coefficient (Wildman–Crippen LogP) is 2.24. The van der Waals surface area contributed by atoms with Gasteiger partial charge >= 0.3 is 5.97 Å². The minimum Gasteiger partial charge on any atom is -0.462 e. The van der Waals surface area contributed by atoms with Gasteiger partial charge in [-0.25, -0.2) is 4.79 Å². The van der Waals surface area contributed by atoms with Crippen molar-refractivity contribution in [2.45, 2.75) is 33.2 Å². The monoisotopic (exact) mass is 398 g/mol. The molecule has 9 nitrogen and oxygen atoms in total. The molecule has 1 atom stereocenters. The predicted molar refractivity (Wildman–Crippen MR) is 104 cm³/mol. The van der Waals surface area contributed by atoms with Gasteiger partial charge in [-0.15, -0.1) is 0 Å². The maximum absolute atomic E-state index is 12.7. The second kappa shape index (κ2) is 7.86. The number of rotatable bonds is 6. The molecule has 2 heterocycles. The lowest BCUT2D eigenvalue weighted by molar-refractivity contribution is 0.0525. The van der Waals surface area contributed by atoms with E-state index in [2.05, 4.69) is 10.4 Å². The summed E-state index contributed by atoms with van der Waals surface area (Å²) in [6.07, 6.45) is 1.94. The van der Waals surface area contributed by atoms with E-state index in [4.69, 9.17) is 4.74 Å². The maximum atomic E-state index is 12.7. The lowest BCUT2D eigenvalue weighted by atomic mass is 10.1. The van der Waals surface area contributed by atoms with E-state index in [1.807, 2.05) is 6.92 Å². The summed E-state index contributed by atoms with van der Waals surface area (Å²) in [6.45, 7) is 5.56. The summed E-state index contributed by atoms with van der Waals surface area (Å²) < 4.78 is 6.31. The quantitative estimate of drug-likeness (QED) is 0.590. The number of aromatic nitrogens is 2. The number of anilines is 1. The largest absolute Gasteiger partial charge is 0.462 e. The minimum absolute atomic E-state index is 0.123. The molecule has 152 valence electrons. The van der Waals surface area contributed by atoms with Crippen molar-refractivity contribution in [1.82, 2.24) is 14.7 Å². The first-order valence-electron chi connectivity index (χ1n) is 9.32. The van der Waals surface area contributed by atoms with Crippen molar-refractivity contribution in [2.75, 3.05) is 11.9 Å². The number of hydrogen-bond acceptors (Lipinski definition) is 6. The Hall–Kier alpha value is -3.49. The number of amides is 3. The Morgan fingerprint density at radius 3 is 2.52 bits per heavy atom. The number of hydrogen-bond donors (Lipinski definition) is 1. The van der Waals surface area contributed by atoms with Crippen LogP contribution in [-0.2, 0) is 11.8 Å². The van der Waals surface area contributed by atoms with Crippen molar-refractivity contribution in [3.63, 3.8) is 0 Å². The van der Waals surface area contributed by atoms with Crippen LogP contribution in [0.15, 0.2) is 24.4 Å². The summed E-state index contributed by atoms with van der Waals surface area (Å²) in [6, 6.07) is 4.11. The molecule has 0 aliphatic carbocycles. The Balaban J connectivity index is 1.88. The Morgan fingerprint density at radius 2 is 1.86 bits per heavy atom. The van der Waals surface area contributed by atoms with Gasteiger partial charge in [0.05, 0.1) is 23.9 Å². The van der Waals surface area contributed by atoms with Crippen LogP contribution in [0, 0.1) is 0 Å². The Kier molecular flexibility index (Phi) is 5.49. The Labute approximate surface area is 167 Å². The van der Waals surface area contributed by atoms with Crippen LogP contribution in [0.25, 0.3) is 0 Å². The highest BCUT2D eigenvalue weighted by Crippen LogP contribution is 2.27. The van der Waals surface area contributed by atoms with Gasteiger partial charge in [-0.05, 0) is 38.5 Å². The molecule has 0 saturated heterocycles. The zero-order chi connectivity index (χ0) is 21.3. The number of ether oxygens (including phenoxy) is 1. The molecule has 0 radical (unpaired) electrons. The highest BCUT2D eigenvalue weighted by molar-refractivity contribution is 6.22. The van der Waals surface area contributed by atoms with Gasteiger partial charge < -0.3 is 10.1 Å². The van der Waals surface area contributed by atoms with E-state index in [9.17, 15) is 19.2 Å². The summed E-state index contributed by atoms with van der Waals surface area (Å²) in [5, 5.41) is 6.61. The van der Waals surface area contributed by atoms with Crippen LogP contribution in [0.3, 0.4) is 0 Å². The fourth-order valence-electron chi connectivity index (χ4n) is 3.11. The number of esters is 1. The highest BCUT2D eigenvalue weighted by Gasteiger charge is 2.38. The number of carbonyl (C=O) groups excluding carboxylic acids is 4. The smallest absolute Gasteiger partial charge is 0.343 e. The molecule has 0 bridgehead atoms. The van der Waals surface area contributed by atoms with E-state index in [0.29, 0.717) is 6.42 Å². The maximum Gasteiger partial charge on any atom is 0.343 e. The molecule has 0 fully saturated rings. The summed E-state index contributed by atoms with van der Waals surface area (Å²) >= 11 is 0. The summed E-state index contributed by atoms with van der Waals surface area (Å²) in [5.74, 6) is -1.74. The average molecular weight is 398 g/mol. The average Bonchev–Trinajstić information content (AvgIpc) is 3.19. The molecule has 1 aromatic heterocycles. The molecule has 9 heteroatoms. The molecule has 3 rings (SSSR count). The van der Waals surface area contributed by atoms with Crippen LogP contribution in [0.4, 0.5) is 5.82 Å². The number of imide groups is 1. The topological polar surface area (TPSA) is 111 Å². The van der Waals surface area contributed by atoms with Crippen LogP contribution in [0.5, 0.6) is 0 Å². The third-order valence-electron chi connectivity index (χ3n) is 4.88. The lowest BCUT2D eigenvalue weighted by Crippen LogP contribution is -2.37. The first kappa shape index (κ1) is 20.2. The van der Waals surface area contributed by atoms with Gasteiger partial charge in [-0.1, -0.05) is 6.92 Å². The van der Waals surface area contributed by atoms with Gasteiger partial charge in [0.25, 0.3) is 17.7 Å². The molecule has 0 spiro atoms. The van der Waals surface area contributed by atoms with Gasteiger partial charge in [-0.2, -0.15) is 5.10 Å². The molecular formula is C20H22N4O5. The number of benzene rings is 1. The molecule has 1 N–H and O–H groups in total. The second-order valence-electron chi connectivity index (χ2n) is 6.70. The van der Waals surface area contributed by atoms with Gasteiger partial charge in [0, 0.05) is 18.7 Å². The zero-order valence-electron chi connectivity index (χ0n) is 16.7. The summed E-state index contributed by atoms with van der Waals surface area (Å²) in [7, 11) is 1.58. The van der Waals surface area contributed by atoms with E-state index in [-0.39, 0.29) is 46.6 Å². The van der Waals surface area contributed by atoms with Gasteiger partial charge in [0.1, 0.15) is 11.4 Å². The van der Waals surface area contributed by atoms with E-state index < -0.39 is 17.8 Å². The van der Waals surface area contributed by atoms with E-state index in [0.717, 1.165) is 0 Å². The Morgan fingerprint density at radius 1 is 1.17 bits per heavy atom. The molecule has 3 amide bonds. The molecule has 2 aromatic rings. The lowest BCUT2D eigenvalue weighted by Gasteiger charge is -2.20. The van der Waals surface area contributed by atoms with Crippen molar-refractivity contribution in [3.8, 4) is 0 Å². The van der Waals surface area contributed by atoms with Crippen molar-refractivity contribution in [1.29, 1.82) is 0 Å². The molecular weight excluding hydrogens is 376 g/mol.